The van der Waals surface area contributed by atoms with Crippen LogP contribution in [-0.4, -0.2) is 75.6 Å². The van der Waals surface area contributed by atoms with E-state index in [0.717, 1.165) is 61.6 Å². The molecule has 0 radical (unpaired) electrons. The smallest absolute Gasteiger partial charge is 0.233 e. The second-order valence-corrected chi connectivity index (χ2v) is 9.11. The molecule has 0 unspecified atom stereocenters. The van der Waals surface area contributed by atoms with E-state index in [1.807, 2.05) is 71.0 Å². The number of amides is 1. The van der Waals surface area contributed by atoms with Crippen molar-refractivity contribution in [3.05, 3.63) is 59.6 Å². The van der Waals surface area contributed by atoms with Crippen molar-refractivity contribution in [1.29, 1.82) is 0 Å². The minimum absolute atomic E-state index is 0.134. The predicted octanol–water partition coefficient (Wildman–Crippen LogP) is 3.93. The Bertz CT molecular complexity index is 1050. The van der Waals surface area contributed by atoms with E-state index in [1.165, 1.54) is 11.8 Å². The topological polar surface area (TPSA) is 63.5 Å². The number of nitrogens with zero attached hydrogens (tertiary/aromatic N) is 5. The van der Waals surface area contributed by atoms with Crippen LogP contribution < -0.4 is 4.74 Å². The molecule has 1 aliphatic rings. The number of hydrogen-bond donors (Lipinski definition) is 0. The molecular weight excluding hydrogens is 458 g/mol. The van der Waals surface area contributed by atoms with Gasteiger partial charge in [0.1, 0.15) is 12.4 Å². The van der Waals surface area contributed by atoms with Crippen molar-refractivity contribution in [2.75, 3.05) is 45.1 Å². The minimum atomic E-state index is 0.134. The predicted molar refractivity (Wildman–Crippen MR) is 132 cm³/mol. The number of rotatable bonds is 9. The molecule has 1 aromatic heterocycles. The molecule has 0 saturated carbocycles. The number of hydrogen-bond acceptors (Lipinski definition) is 6. The van der Waals surface area contributed by atoms with Crippen LogP contribution in [0, 0.1) is 0 Å². The largest absolute Gasteiger partial charge is 0.492 e. The van der Waals surface area contributed by atoms with Gasteiger partial charge in [-0.05, 0) is 31.2 Å². The molecule has 33 heavy (non-hydrogen) atoms. The van der Waals surface area contributed by atoms with E-state index in [4.69, 9.17) is 16.3 Å². The van der Waals surface area contributed by atoms with Crippen LogP contribution in [0.5, 0.6) is 5.75 Å². The average molecular weight is 486 g/mol. The van der Waals surface area contributed by atoms with Crippen molar-refractivity contribution < 1.29 is 9.53 Å². The maximum Gasteiger partial charge on any atom is 0.233 e. The lowest BCUT2D eigenvalue weighted by atomic mass is 10.2. The molecule has 0 atom stereocenters. The Hall–Kier alpha value is -2.55. The summed E-state index contributed by atoms with van der Waals surface area (Å²) < 4.78 is 7.81. The number of para-hydroxylation sites is 1. The summed E-state index contributed by atoms with van der Waals surface area (Å²) in [4.78, 5) is 17.1. The third-order valence-electron chi connectivity index (χ3n) is 5.59. The van der Waals surface area contributed by atoms with Gasteiger partial charge in [-0.2, -0.15) is 0 Å². The number of carbonyl (C=O) groups is 1. The Morgan fingerprint density at radius 2 is 1.85 bits per heavy atom. The Morgan fingerprint density at radius 3 is 2.58 bits per heavy atom. The summed E-state index contributed by atoms with van der Waals surface area (Å²) in [6, 6.07) is 17.4. The minimum Gasteiger partial charge on any atom is -0.492 e. The summed E-state index contributed by atoms with van der Waals surface area (Å²) in [5, 5.41) is 10.1. The molecule has 1 aliphatic heterocycles. The highest BCUT2D eigenvalue weighted by molar-refractivity contribution is 7.99. The number of carbonyl (C=O) groups excluding carboxylic acids is 1. The van der Waals surface area contributed by atoms with Crippen LogP contribution in [0.2, 0.25) is 5.02 Å². The zero-order valence-corrected chi connectivity index (χ0v) is 20.3. The highest BCUT2D eigenvalue weighted by Crippen LogP contribution is 2.26. The van der Waals surface area contributed by atoms with Crippen LogP contribution in [0.1, 0.15) is 6.92 Å². The second kappa shape index (κ2) is 11.5. The van der Waals surface area contributed by atoms with Crippen LogP contribution in [-0.2, 0) is 11.3 Å². The summed E-state index contributed by atoms with van der Waals surface area (Å²) in [6.45, 7) is 7.46. The molecule has 1 fully saturated rings. The lowest BCUT2D eigenvalue weighted by Gasteiger charge is -2.34. The molecule has 3 aromatic rings. The zero-order valence-electron chi connectivity index (χ0n) is 18.7. The van der Waals surface area contributed by atoms with Crippen LogP contribution in [0.25, 0.3) is 11.4 Å². The Morgan fingerprint density at radius 1 is 1.06 bits per heavy atom. The van der Waals surface area contributed by atoms with Gasteiger partial charge in [-0.1, -0.05) is 53.7 Å². The van der Waals surface area contributed by atoms with Gasteiger partial charge in [0.2, 0.25) is 5.91 Å². The van der Waals surface area contributed by atoms with Gasteiger partial charge in [-0.3, -0.25) is 9.69 Å². The van der Waals surface area contributed by atoms with Gasteiger partial charge in [-0.25, -0.2) is 0 Å². The lowest BCUT2D eigenvalue weighted by Crippen LogP contribution is -2.50. The fourth-order valence-corrected chi connectivity index (χ4v) is 4.86. The molecule has 7 nitrogen and oxygen atoms in total. The maximum absolute atomic E-state index is 12.8. The summed E-state index contributed by atoms with van der Waals surface area (Å²) in [6.07, 6.45) is 0. The third kappa shape index (κ3) is 6.28. The van der Waals surface area contributed by atoms with Crippen molar-refractivity contribution in [1.82, 2.24) is 24.6 Å². The van der Waals surface area contributed by atoms with Gasteiger partial charge in [-0.15, -0.1) is 10.2 Å². The van der Waals surface area contributed by atoms with E-state index < -0.39 is 0 Å². The maximum atomic E-state index is 12.8. The van der Waals surface area contributed by atoms with Crippen LogP contribution in [0.15, 0.2) is 59.8 Å². The Balaban J connectivity index is 1.24. The number of thioether (sulfide) groups is 1. The first-order chi connectivity index (χ1) is 16.1. The van der Waals surface area contributed by atoms with Crippen molar-refractivity contribution in [2.24, 2.45) is 0 Å². The number of ether oxygens (including phenoxy) is 1. The van der Waals surface area contributed by atoms with Crippen molar-refractivity contribution >= 4 is 29.3 Å². The lowest BCUT2D eigenvalue weighted by molar-refractivity contribution is -0.130. The van der Waals surface area contributed by atoms with Gasteiger partial charge < -0.3 is 14.2 Å². The normalized spacial score (nSPS) is 14.4. The standard InChI is InChI=1S/C24H28ClN5O2S/c1-2-30-23(19-7-6-8-20(25)17-19)26-27-24(30)33-18-22(31)29-13-11-28(12-14-29)15-16-32-21-9-4-3-5-10-21/h3-10,17H,2,11-16,18H2,1H3. The first kappa shape index (κ1) is 23.6. The highest BCUT2D eigenvalue weighted by atomic mass is 35.5. The molecule has 0 N–H and O–H groups in total. The highest BCUT2D eigenvalue weighted by Gasteiger charge is 2.22. The molecule has 0 spiro atoms. The van der Waals surface area contributed by atoms with Crippen molar-refractivity contribution in [3.63, 3.8) is 0 Å². The third-order valence-corrected chi connectivity index (χ3v) is 6.77. The van der Waals surface area contributed by atoms with Gasteiger partial charge in [0, 0.05) is 49.9 Å². The van der Waals surface area contributed by atoms with E-state index in [1.54, 1.807) is 0 Å². The summed E-state index contributed by atoms with van der Waals surface area (Å²) >= 11 is 7.57. The Labute approximate surface area is 203 Å². The van der Waals surface area contributed by atoms with E-state index in [-0.39, 0.29) is 5.91 Å². The monoisotopic (exact) mass is 485 g/mol. The molecule has 4 rings (SSSR count). The summed E-state index contributed by atoms with van der Waals surface area (Å²) in [5.74, 6) is 2.14. The van der Waals surface area contributed by atoms with E-state index >= 15 is 0 Å². The summed E-state index contributed by atoms with van der Waals surface area (Å²) in [5.41, 5.74) is 0.919. The van der Waals surface area contributed by atoms with Crippen LogP contribution in [0.4, 0.5) is 0 Å². The number of aromatic nitrogens is 3. The molecule has 9 heteroatoms. The quantitative estimate of drug-likeness (QED) is 0.428. The van der Waals surface area contributed by atoms with Gasteiger partial charge in [0.15, 0.2) is 11.0 Å². The number of halogens is 1. The molecule has 0 aliphatic carbocycles. The molecule has 174 valence electrons. The van der Waals surface area contributed by atoms with Crippen molar-refractivity contribution in [3.8, 4) is 17.1 Å². The summed E-state index contributed by atoms with van der Waals surface area (Å²) in [7, 11) is 0. The average Bonchev–Trinajstić information content (AvgIpc) is 3.26. The van der Waals surface area contributed by atoms with Gasteiger partial charge in [0.05, 0.1) is 5.75 Å². The SMILES string of the molecule is CCn1c(SCC(=O)N2CCN(CCOc3ccccc3)CC2)nnc1-c1cccc(Cl)c1. The first-order valence-electron chi connectivity index (χ1n) is 11.1. The van der Waals surface area contributed by atoms with E-state index in [2.05, 4.69) is 15.1 Å². The van der Waals surface area contributed by atoms with Crippen LogP contribution >= 0.6 is 23.4 Å². The molecular formula is C24H28ClN5O2S. The number of benzene rings is 2. The first-order valence-corrected chi connectivity index (χ1v) is 12.5. The van der Waals surface area contributed by atoms with Gasteiger partial charge >= 0.3 is 0 Å². The van der Waals surface area contributed by atoms with E-state index in [0.29, 0.717) is 17.4 Å². The van der Waals surface area contributed by atoms with Crippen LogP contribution in [0.3, 0.4) is 0 Å². The molecule has 2 aromatic carbocycles. The Kier molecular flexibility index (Phi) is 8.25. The molecule has 2 heterocycles. The van der Waals surface area contributed by atoms with Crippen molar-refractivity contribution in [2.45, 2.75) is 18.6 Å². The van der Waals surface area contributed by atoms with E-state index in [9.17, 15) is 4.79 Å². The molecule has 0 bridgehead atoms. The molecule has 1 saturated heterocycles. The fraction of sp³-hybridized carbons (Fsp3) is 0.375. The molecule has 1 amide bonds. The van der Waals surface area contributed by atoms with Gasteiger partial charge in [0.25, 0.3) is 0 Å². The second-order valence-electron chi connectivity index (χ2n) is 7.73. The fourth-order valence-electron chi connectivity index (χ4n) is 3.77. The number of piperazine rings is 1. The zero-order chi connectivity index (χ0) is 23.0.